The average Bonchev–Trinajstić information content (AvgIpc) is 2.64. The largest absolute Gasteiger partial charge is 0.314 e. The number of hydrogen-bond donors (Lipinski definition) is 2. The summed E-state index contributed by atoms with van der Waals surface area (Å²) in [6.07, 6.45) is 0. The third-order valence-corrected chi connectivity index (χ3v) is 3.82. The van der Waals surface area contributed by atoms with Crippen LogP contribution in [0.1, 0.15) is 16.8 Å². The molecule has 84 valence electrons. The normalized spacial score (nSPS) is 10.5. The van der Waals surface area contributed by atoms with Crippen LogP contribution in [0.2, 0.25) is 0 Å². The van der Waals surface area contributed by atoms with Crippen molar-refractivity contribution in [2.75, 3.05) is 5.43 Å². The number of aryl methyl sites for hydroxylation is 3. The molecule has 2 aromatic rings. The lowest BCUT2D eigenvalue weighted by Crippen LogP contribution is -2.05. The van der Waals surface area contributed by atoms with E-state index in [1.165, 1.54) is 11.1 Å². The quantitative estimate of drug-likeness (QED) is 0.619. The highest BCUT2D eigenvalue weighted by Gasteiger charge is 2.08. The van der Waals surface area contributed by atoms with E-state index in [2.05, 4.69) is 42.5 Å². The number of nitrogens with zero attached hydrogens (tertiary/aromatic N) is 1. The van der Waals surface area contributed by atoms with Crippen LogP contribution in [0, 0.1) is 20.8 Å². The molecule has 0 spiro atoms. The zero-order valence-electron chi connectivity index (χ0n) is 9.66. The molecule has 3 N–H and O–H groups in total. The molecule has 0 unspecified atom stereocenters. The lowest BCUT2D eigenvalue weighted by Gasteiger charge is -2.01. The fourth-order valence-electron chi connectivity index (χ4n) is 1.53. The Morgan fingerprint density at radius 3 is 2.50 bits per heavy atom. The number of rotatable bonds is 2. The van der Waals surface area contributed by atoms with E-state index in [1.807, 2.05) is 6.92 Å². The van der Waals surface area contributed by atoms with Crippen molar-refractivity contribution in [2.24, 2.45) is 5.84 Å². The van der Waals surface area contributed by atoms with E-state index >= 15 is 0 Å². The maximum Gasteiger partial charge on any atom is 0.126 e. The Morgan fingerprint density at radius 2 is 1.94 bits per heavy atom. The third-order valence-electron chi connectivity index (χ3n) is 2.68. The molecule has 0 aliphatic rings. The Morgan fingerprint density at radius 1 is 1.19 bits per heavy atom. The molecular weight excluding hydrogens is 218 g/mol. The van der Waals surface area contributed by atoms with E-state index < -0.39 is 0 Å². The van der Waals surface area contributed by atoms with Gasteiger partial charge in [-0.05, 0) is 38.0 Å². The SMILES string of the molecule is Cc1ccc(-c2nc(C)c(NN)s2)cc1C. The van der Waals surface area contributed by atoms with Crippen LogP contribution in [0.3, 0.4) is 0 Å². The van der Waals surface area contributed by atoms with Crippen LogP contribution in [-0.2, 0) is 0 Å². The molecule has 1 heterocycles. The molecule has 0 bridgehead atoms. The van der Waals surface area contributed by atoms with Crippen molar-refractivity contribution >= 4 is 16.3 Å². The highest BCUT2D eigenvalue weighted by Crippen LogP contribution is 2.31. The van der Waals surface area contributed by atoms with Gasteiger partial charge in [0.05, 0.1) is 5.69 Å². The molecule has 0 aliphatic heterocycles. The summed E-state index contributed by atoms with van der Waals surface area (Å²) in [5.74, 6) is 5.42. The van der Waals surface area contributed by atoms with Crippen LogP contribution < -0.4 is 11.3 Å². The zero-order valence-corrected chi connectivity index (χ0v) is 10.5. The number of hydrogen-bond acceptors (Lipinski definition) is 4. The molecular formula is C12H15N3S. The summed E-state index contributed by atoms with van der Waals surface area (Å²) in [7, 11) is 0. The highest BCUT2D eigenvalue weighted by atomic mass is 32.1. The van der Waals surface area contributed by atoms with E-state index in [0.29, 0.717) is 0 Å². The molecule has 0 aliphatic carbocycles. The fraction of sp³-hybridized carbons (Fsp3) is 0.250. The Labute approximate surface area is 99.3 Å². The van der Waals surface area contributed by atoms with Gasteiger partial charge >= 0.3 is 0 Å². The maximum absolute atomic E-state index is 5.42. The van der Waals surface area contributed by atoms with Gasteiger partial charge in [0.25, 0.3) is 0 Å². The van der Waals surface area contributed by atoms with Gasteiger partial charge in [0.2, 0.25) is 0 Å². The van der Waals surface area contributed by atoms with Crippen molar-refractivity contribution in [3.05, 3.63) is 35.0 Å². The molecule has 0 saturated heterocycles. The van der Waals surface area contributed by atoms with Gasteiger partial charge in [0.15, 0.2) is 0 Å². The molecule has 3 nitrogen and oxygen atoms in total. The number of nitrogen functional groups attached to an aromatic ring is 1. The number of hydrazine groups is 1. The minimum atomic E-state index is 0.924. The van der Waals surface area contributed by atoms with Crippen LogP contribution >= 0.6 is 11.3 Å². The van der Waals surface area contributed by atoms with Crippen LogP contribution in [0.4, 0.5) is 5.00 Å². The maximum atomic E-state index is 5.42. The molecule has 0 radical (unpaired) electrons. The van der Waals surface area contributed by atoms with Gasteiger partial charge in [-0.15, -0.1) is 0 Å². The summed E-state index contributed by atoms with van der Waals surface area (Å²) >= 11 is 1.58. The van der Waals surface area contributed by atoms with Crippen LogP contribution in [0.25, 0.3) is 10.6 Å². The number of thiazole rings is 1. The Bertz CT molecular complexity index is 517. The topological polar surface area (TPSA) is 50.9 Å². The van der Waals surface area contributed by atoms with Crippen molar-refractivity contribution < 1.29 is 0 Å². The summed E-state index contributed by atoms with van der Waals surface area (Å²) in [5.41, 5.74) is 7.35. The second-order valence-corrected chi connectivity index (χ2v) is 4.88. The minimum absolute atomic E-state index is 0.924. The van der Waals surface area contributed by atoms with Gasteiger partial charge in [0, 0.05) is 5.56 Å². The van der Waals surface area contributed by atoms with Crippen molar-refractivity contribution in [2.45, 2.75) is 20.8 Å². The first-order chi connectivity index (χ1) is 7.61. The van der Waals surface area contributed by atoms with Gasteiger partial charge in [0.1, 0.15) is 10.0 Å². The van der Waals surface area contributed by atoms with Gasteiger partial charge < -0.3 is 5.43 Å². The summed E-state index contributed by atoms with van der Waals surface area (Å²) in [4.78, 5) is 4.50. The summed E-state index contributed by atoms with van der Waals surface area (Å²) in [5, 5.41) is 1.93. The predicted molar refractivity (Wildman–Crippen MR) is 69.6 cm³/mol. The summed E-state index contributed by atoms with van der Waals surface area (Å²) in [6.45, 7) is 6.18. The van der Waals surface area contributed by atoms with Crippen molar-refractivity contribution in [1.29, 1.82) is 0 Å². The fourth-order valence-corrected chi connectivity index (χ4v) is 2.40. The smallest absolute Gasteiger partial charge is 0.126 e. The van der Waals surface area contributed by atoms with Gasteiger partial charge in [-0.1, -0.05) is 23.5 Å². The molecule has 0 atom stereocenters. The third kappa shape index (κ3) is 1.94. The molecule has 0 amide bonds. The van der Waals surface area contributed by atoms with E-state index in [4.69, 9.17) is 5.84 Å². The Kier molecular flexibility index (Phi) is 2.94. The van der Waals surface area contributed by atoms with Crippen LogP contribution in [0.15, 0.2) is 18.2 Å². The molecule has 2 rings (SSSR count). The van der Waals surface area contributed by atoms with Crippen LogP contribution in [0.5, 0.6) is 0 Å². The molecule has 1 aromatic heterocycles. The number of anilines is 1. The van der Waals surface area contributed by atoms with Gasteiger partial charge in [-0.3, -0.25) is 0 Å². The monoisotopic (exact) mass is 233 g/mol. The van der Waals surface area contributed by atoms with Gasteiger partial charge in [-0.25, -0.2) is 10.8 Å². The average molecular weight is 233 g/mol. The predicted octanol–water partition coefficient (Wildman–Crippen LogP) is 3.02. The lowest BCUT2D eigenvalue weighted by molar-refractivity contribution is 1.24. The van der Waals surface area contributed by atoms with E-state index in [-0.39, 0.29) is 0 Å². The van der Waals surface area contributed by atoms with Gasteiger partial charge in [-0.2, -0.15) is 0 Å². The van der Waals surface area contributed by atoms with Crippen molar-refractivity contribution in [3.8, 4) is 10.6 Å². The number of benzene rings is 1. The first-order valence-electron chi connectivity index (χ1n) is 5.13. The minimum Gasteiger partial charge on any atom is -0.314 e. The van der Waals surface area contributed by atoms with Crippen molar-refractivity contribution in [3.63, 3.8) is 0 Å². The second-order valence-electron chi connectivity index (χ2n) is 3.88. The van der Waals surface area contributed by atoms with E-state index in [1.54, 1.807) is 11.3 Å². The first-order valence-corrected chi connectivity index (χ1v) is 5.95. The highest BCUT2D eigenvalue weighted by molar-refractivity contribution is 7.19. The molecule has 4 heteroatoms. The lowest BCUT2D eigenvalue weighted by atomic mass is 10.1. The zero-order chi connectivity index (χ0) is 11.7. The first kappa shape index (κ1) is 11.1. The summed E-state index contributed by atoms with van der Waals surface area (Å²) in [6, 6.07) is 6.38. The Balaban J connectivity index is 2.46. The Hall–Kier alpha value is -1.39. The number of nitrogens with two attached hydrogens (primary N) is 1. The summed E-state index contributed by atoms with van der Waals surface area (Å²) < 4.78 is 0. The number of aromatic nitrogens is 1. The van der Waals surface area contributed by atoms with E-state index in [0.717, 1.165) is 21.3 Å². The molecule has 0 saturated carbocycles. The standard InChI is InChI=1S/C12H15N3S/c1-7-4-5-10(6-8(7)2)12-14-9(3)11(15-13)16-12/h4-6,15H,13H2,1-3H3. The van der Waals surface area contributed by atoms with Crippen LogP contribution in [-0.4, -0.2) is 4.98 Å². The molecule has 16 heavy (non-hydrogen) atoms. The van der Waals surface area contributed by atoms with Crippen molar-refractivity contribution in [1.82, 2.24) is 4.98 Å². The molecule has 1 aromatic carbocycles. The molecule has 0 fully saturated rings. The second kappa shape index (κ2) is 4.23. The van der Waals surface area contributed by atoms with E-state index in [9.17, 15) is 0 Å². The number of nitrogens with one attached hydrogen (secondary N) is 1.